The summed E-state index contributed by atoms with van der Waals surface area (Å²) in [6, 6.07) is 35.0. The molecule has 0 spiro atoms. The van der Waals surface area contributed by atoms with Gasteiger partial charge in [0.2, 0.25) is 5.71 Å². The van der Waals surface area contributed by atoms with Gasteiger partial charge < -0.3 is 4.42 Å². The van der Waals surface area contributed by atoms with Crippen LogP contribution in [-0.4, -0.2) is 24.5 Å². The van der Waals surface area contributed by atoms with Crippen LogP contribution < -0.4 is 0 Å². The summed E-state index contributed by atoms with van der Waals surface area (Å²) in [6.45, 7) is 0. The highest BCUT2D eigenvalue weighted by Gasteiger charge is 2.31. The summed E-state index contributed by atoms with van der Waals surface area (Å²) in [6.07, 6.45) is 14.2. The number of aromatic nitrogens is 5. The van der Waals surface area contributed by atoms with E-state index < -0.39 is 0 Å². The van der Waals surface area contributed by atoms with Crippen LogP contribution in [0.25, 0.3) is 83.2 Å². The Kier molecular flexibility index (Phi) is 6.37. The highest BCUT2D eigenvalue weighted by Crippen LogP contribution is 2.52. The molecule has 48 heavy (non-hydrogen) atoms. The summed E-state index contributed by atoms with van der Waals surface area (Å²) in [5, 5.41) is 14.3. The number of benzene rings is 3. The molecule has 0 saturated heterocycles. The van der Waals surface area contributed by atoms with Crippen molar-refractivity contribution in [2.75, 3.05) is 0 Å². The summed E-state index contributed by atoms with van der Waals surface area (Å²) in [5.74, 6) is 0. The minimum absolute atomic E-state index is 0.534. The van der Waals surface area contributed by atoms with Crippen LogP contribution in [0.2, 0.25) is 0 Å². The molecule has 6 aromatic heterocycles. The average molecular weight is 617 g/mol. The van der Waals surface area contributed by atoms with Gasteiger partial charge in [-0.15, -0.1) is 0 Å². The van der Waals surface area contributed by atoms with Gasteiger partial charge in [-0.2, -0.15) is 5.26 Å². The van der Waals surface area contributed by atoms with Crippen molar-refractivity contribution in [3.63, 3.8) is 0 Å². The fourth-order valence-electron chi connectivity index (χ4n) is 6.95. The number of furan rings is 1. The number of para-hydroxylation sites is 2. The van der Waals surface area contributed by atoms with E-state index in [-0.39, 0.29) is 0 Å². The molecule has 0 bridgehead atoms. The van der Waals surface area contributed by atoms with Crippen molar-refractivity contribution in [1.82, 2.24) is 24.5 Å². The lowest BCUT2D eigenvalue weighted by atomic mass is 9.80. The molecule has 0 unspecified atom stereocenters. The summed E-state index contributed by atoms with van der Waals surface area (Å²) in [7, 11) is 0. The number of hydrogen-bond donors (Lipinski definition) is 0. The van der Waals surface area contributed by atoms with E-state index in [0.717, 1.165) is 77.5 Å². The monoisotopic (exact) mass is 616 g/mol. The molecule has 0 aliphatic carbocycles. The van der Waals surface area contributed by atoms with Gasteiger partial charge in [-0.1, -0.05) is 36.4 Å². The number of hydrogen-bond acceptors (Lipinski definition) is 6. The van der Waals surface area contributed by atoms with Crippen molar-refractivity contribution in [3.8, 4) is 56.3 Å². The van der Waals surface area contributed by atoms with Crippen LogP contribution in [0.1, 0.15) is 5.56 Å². The van der Waals surface area contributed by atoms with Crippen LogP contribution in [0.4, 0.5) is 0 Å². The molecular formula is C41H24N6O. The maximum atomic E-state index is 11.2. The van der Waals surface area contributed by atoms with E-state index in [1.165, 1.54) is 0 Å². The maximum absolute atomic E-state index is 11.2. The van der Waals surface area contributed by atoms with Crippen molar-refractivity contribution in [1.29, 1.82) is 5.26 Å². The Morgan fingerprint density at radius 1 is 0.500 bits per heavy atom. The topological polar surface area (TPSA) is 93.4 Å². The first-order valence-electron chi connectivity index (χ1n) is 15.5. The number of nitrogens with zero attached hydrogens (tertiary/aromatic N) is 6. The van der Waals surface area contributed by atoms with Gasteiger partial charge >= 0.3 is 0 Å². The number of fused-ring (bicyclic) bond motifs is 5. The lowest BCUT2D eigenvalue weighted by molar-refractivity contribution is 0.645. The maximum Gasteiger partial charge on any atom is 0.213 e. The van der Waals surface area contributed by atoms with Crippen LogP contribution in [0.3, 0.4) is 0 Å². The minimum atomic E-state index is 0.534. The Morgan fingerprint density at radius 3 is 1.44 bits per heavy atom. The first-order chi connectivity index (χ1) is 23.8. The predicted molar refractivity (Wildman–Crippen MR) is 188 cm³/mol. The van der Waals surface area contributed by atoms with Crippen molar-refractivity contribution >= 4 is 33.0 Å². The van der Waals surface area contributed by atoms with Gasteiger partial charge in [0.1, 0.15) is 11.7 Å². The van der Waals surface area contributed by atoms with Gasteiger partial charge in [0, 0.05) is 82.6 Å². The Morgan fingerprint density at radius 2 is 0.938 bits per heavy atom. The number of nitriles is 1. The van der Waals surface area contributed by atoms with Crippen LogP contribution in [0.5, 0.6) is 0 Å². The molecule has 224 valence electrons. The molecule has 7 heteroatoms. The lowest BCUT2D eigenvalue weighted by Gasteiger charge is -2.26. The average Bonchev–Trinajstić information content (AvgIpc) is 3.70. The summed E-state index contributed by atoms with van der Waals surface area (Å²) < 4.78 is 9.03. The summed E-state index contributed by atoms with van der Waals surface area (Å²) >= 11 is 0. The van der Waals surface area contributed by atoms with Crippen molar-refractivity contribution in [3.05, 3.63) is 152 Å². The third-order valence-corrected chi connectivity index (χ3v) is 8.88. The molecule has 0 amide bonds. The first-order valence-corrected chi connectivity index (χ1v) is 15.5. The quantitative estimate of drug-likeness (QED) is 0.191. The van der Waals surface area contributed by atoms with E-state index in [1.54, 1.807) is 49.6 Å². The van der Waals surface area contributed by atoms with Gasteiger partial charge in [-0.3, -0.25) is 24.5 Å². The SMILES string of the molecule is N#Cc1c(-c2ccncc2)c(-c2ccncc2)c(-n2c3ccccc3c3c4ccccc4oc32)c(-c2ccncc2)c1-c1ccncc1. The van der Waals surface area contributed by atoms with Crippen LogP contribution in [0, 0.1) is 11.3 Å². The number of pyridine rings is 4. The van der Waals surface area contributed by atoms with Crippen molar-refractivity contribution in [2.24, 2.45) is 0 Å². The molecule has 0 aliphatic rings. The zero-order valence-corrected chi connectivity index (χ0v) is 25.4. The van der Waals surface area contributed by atoms with E-state index in [2.05, 4.69) is 60.9 Å². The second-order valence-electron chi connectivity index (χ2n) is 11.4. The van der Waals surface area contributed by atoms with Crippen LogP contribution in [0.15, 0.2) is 151 Å². The standard InChI is InChI=1S/C41H24N6O/c42-25-32-35(26-9-17-43-18-10-26)37(28-13-21-45-22-14-28)40(38(29-15-23-46-24-16-29)36(32)27-11-19-44-20-12-27)47-33-7-3-1-5-30(33)39-31-6-2-4-8-34(31)48-41(39)47/h1-24H. The minimum Gasteiger partial charge on any atom is -0.439 e. The Labute approximate surface area is 275 Å². The van der Waals surface area contributed by atoms with Crippen LogP contribution in [-0.2, 0) is 0 Å². The van der Waals surface area contributed by atoms with Gasteiger partial charge in [0.05, 0.1) is 22.2 Å². The number of rotatable bonds is 5. The predicted octanol–water partition coefficient (Wildman–Crippen LogP) is 9.65. The lowest BCUT2D eigenvalue weighted by Crippen LogP contribution is -2.07. The molecule has 3 aromatic carbocycles. The van der Waals surface area contributed by atoms with E-state index in [1.807, 2.05) is 66.7 Å². The third-order valence-electron chi connectivity index (χ3n) is 8.88. The molecule has 0 radical (unpaired) electrons. The molecule has 0 fully saturated rings. The highest BCUT2D eigenvalue weighted by molar-refractivity contribution is 6.21. The smallest absolute Gasteiger partial charge is 0.213 e. The third kappa shape index (κ3) is 4.14. The van der Waals surface area contributed by atoms with Gasteiger partial charge in [-0.05, 0) is 82.9 Å². The van der Waals surface area contributed by atoms with Crippen LogP contribution >= 0.6 is 0 Å². The van der Waals surface area contributed by atoms with E-state index in [0.29, 0.717) is 11.3 Å². The largest absolute Gasteiger partial charge is 0.439 e. The fourth-order valence-corrected chi connectivity index (χ4v) is 6.95. The highest BCUT2D eigenvalue weighted by atomic mass is 16.3. The molecule has 6 heterocycles. The molecule has 0 saturated carbocycles. The Bertz CT molecular complexity index is 2550. The molecular weight excluding hydrogens is 592 g/mol. The second kappa shape index (κ2) is 11.2. The summed E-state index contributed by atoms with van der Waals surface area (Å²) in [4.78, 5) is 17.4. The zero-order chi connectivity index (χ0) is 32.0. The molecule has 9 aromatic rings. The van der Waals surface area contributed by atoms with Gasteiger partial charge in [-0.25, -0.2) is 0 Å². The van der Waals surface area contributed by atoms with Gasteiger partial charge in [0.25, 0.3) is 0 Å². The molecule has 0 N–H and O–H groups in total. The Hall–Kier alpha value is -6.91. The van der Waals surface area contributed by atoms with Crippen molar-refractivity contribution < 1.29 is 4.42 Å². The van der Waals surface area contributed by atoms with E-state index >= 15 is 0 Å². The Balaban J connectivity index is 1.62. The zero-order valence-electron chi connectivity index (χ0n) is 25.4. The van der Waals surface area contributed by atoms with E-state index in [4.69, 9.17) is 4.42 Å². The summed E-state index contributed by atoms with van der Waals surface area (Å²) in [5.41, 5.74) is 10.7. The molecule has 0 aliphatic heterocycles. The van der Waals surface area contributed by atoms with Gasteiger partial charge in [0.15, 0.2) is 0 Å². The molecule has 9 rings (SSSR count). The van der Waals surface area contributed by atoms with Crippen molar-refractivity contribution in [2.45, 2.75) is 0 Å². The van der Waals surface area contributed by atoms with E-state index in [9.17, 15) is 5.26 Å². The fraction of sp³-hybridized carbons (Fsp3) is 0. The normalized spacial score (nSPS) is 11.3. The first kappa shape index (κ1) is 27.4. The molecule has 0 atom stereocenters. The molecule has 7 nitrogen and oxygen atoms in total. The second-order valence-corrected chi connectivity index (χ2v) is 11.4.